The number of para-hydroxylation sites is 2. The summed E-state index contributed by atoms with van der Waals surface area (Å²) in [7, 11) is 0. The van der Waals surface area contributed by atoms with Gasteiger partial charge in [0.25, 0.3) is 0 Å². The third-order valence-electron chi connectivity index (χ3n) is 12.0. The molecular formula is C58H41N5. The van der Waals surface area contributed by atoms with Gasteiger partial charge in [-0.25, -0.2) is 4.98 Å². The molecule has 11 rings (SSSR count). The number of nitrogens with zero attached hydrogens (tertiary/aromatic N) is 5. The predicted octanol–water partition coefficient (Wildman–Crippen LogP) is 14.8. The van der Waals surface area contributed by atoms with Crippen molar-refractivity contribution in [1.82, 2.24) is 24.1 Å². The summed E-state index contributed by atoms with van der Waals surface area (Å²) >= 11 is 0. The van der Waals surface area contributed by atoms with Crippen LogP contribution in [0.4, 0.5) is 0 Å². The highest BCUT2D eigenvalue weighted by Crippen LogP contribution is 2.43. The third-order valence-corrected chi connectivity index (χ3v) is 12.0. The van der Waals surface area contributed by atoms with Gasteiger partial charge in [-0.1, -0.05) is 201 Å². The van der Waals surface area contributed by atoms with Gasteiger partial charge in [0.2, 0.25) is 5.95 Å². The first-order chi connectivity index (χ1) is 31.2. The van der Waals surface area contributed by atoms with Gasteiger partial charge in [0.1, 0.15) is 0 Å². The topological polar surface area (TPSA) is 48.5 Å². The number of hydrogen-bond acceptors (Lipinski definition) is 3. The summed E-state index contributed by atoms with van der Waals surface area (Å²) in [6, 6.07) is 70.2. The van der Waals surface area contributed by atoms with Gasteiger partial charge in [-0.15, -0.1) is 0 Å². The van der Waals surface area contributed by atoms with Crippen LogP contribution in [0.1, 0.15) is 11.3 Å². The summed E-state index contributed by atoms with van der Waals surface area (Å²) in [5.74, 6) is 1.73. The third kappa shape index (κ3) is 6.55. The molecule has 0 radical (unpaired) electrons. The van der Waals surface area contributed by atoms with Crippen LogP contribution in [0.5, 0.6) is 0 Å². The van der Waals surface area contributed by atoms with Gasteiger partial charge in [0, 0.05) is 44.1 Å². The van der Waals surface area contributed by atoms with E-state index in [4.69, 9.17) is 15.0 Å². The summed E-state index contributed by atoms with van der Waals surface area (Å²) < 4.78 is 4.66. The fourth-order valence-corrected chi connectivity index (χ4v) is 9.13. The lowest BCUT2D eigenvalue weighted by Crippen LogP contribution is -2.07. The van der Waals surface area contributed by atoms with Crippen LogP contribution >= 0.6 is 0 Å². The lowest BCUT2D eigenvalue weighted by Gasteiger charge is -2.15. The molecule has 298 valence electrons. The van der Waals surface area contributed by atoms with Crippen molar-refractivity contribution in [1.29, 1.82) is 0 Å². The first-order valence-electron chi connectivity index (χ1n) is 21.2. The van der Waals surface area contributed by atoms with Gasteiger partial charge in [0.15, 0.2) is 11.6 Å². The molecule has 0 amide bonds. The molecule has 8 aromatic carbocycles. The Balaban J connectivity index is 1.23. The standard InChI is InChI=1S/C58H41N5/c1-3-4-29-45-39(2)62(51-34-18-16-31-47(51)42-25-12-7-13-26-42)55-48(45)36-37-53-54(55)50-33-17-19-35-52(50)63(53)58-60-56(44-28-20-27-43(38-44)40-21-8-5-9-22-40)59-57(61-58)49-32-15-14-30-46(49)41-23-10-6-11-24-41/h3-38H,1H2,2H3/b29-4-. The Bertz CT molecular complexity index is 3520. The molecule has 11 aromatic rings. The highest BCUT2D eigenvalue weighted by atomic mass is 15.2. The first-order valence-corrected chi connectivity index (χ1v) is 21.2. The van der Waals surface area contributed by atoms with Crippen molar-refractivity contribution >= 4 is 38.8 Å². The Labute approximate surface area is 366 Å². The second-order valence-electron chi connectivity index (χ2n) is 15.7. The molecule has 63 heavy (non-hydrogen) atoms. The van der Waals surface area contributed by atoms with E-state index in [0.29, 0.717) is 17.6 Å². The van der Waals surface area contributed by atoms with Crippen molar-refractivity contribution < 1.29 is 0 Å². The van der Waals surface area contributed by atoms with E-state index in [-0.39, 0.29) is 0 Å². The molecule has 0 N–H and O–H groups in total. The zero-order chi connectivity index (χ0) is 42.3. The van der Waals surface area contributed by atoms with Crippen LogP contribution in [0.3, 0.4) is 0 Å². The first kappa shape index (κ1) is 37.6. The van der Waals surface area contributed by atoms with Gasteiger partial charge in [0.05, 0.1) is 22.2 Å². The molecule has 3 heterocycles. The van der Waals surface area contributed by atoms with Crippen molar-refractivity contribution in [2.75, 3.05) is 0 Å². The molecule has 5 heteroatoms. The molecule has 0 saturated carbocycles. The Morgan fingerprint density at radius 2 is 1.03 bits per heavy atom. The molecule has 0 aliphatic rings. The maximum atomic E-state index is 5.43. The highest BCUT2D eigenvalue weighted by molar-refractivity contribution is 6.22. The van der Waals surface area contributed by atoms with E-state index >= 15 is 0 Å². The molecule has 3 aromatic heterocycles. The van der Waals surface area contributed by atoms with Gasteiger partial charge >= 0.3 is 0 Å². The van der Waals surface area contributed by atoms with Crippen molar-refractivity contribution in [3.05, 3.63) is 230 Å². The maximum absolute atomic E-state index is 5.43. The molecule has 0 atom stereocenters. The van der Waals surface area contributed by atoms with Crippen LogP contribution in [0.15, 0.2) is 219 Å². The van der Waals surface area contributed by atoms with E-state index in [9.17, 15) is 0 Å². The van der Waals surface area contributed by atoms with E-state index < -0.39 is 0 Å². The summed E-state index contributed by atoms with van der Waals surface area (Å²) in [5.41, 5.74) is 15.0. The molecule has 0 aliphatic carbocycles. The Kier molecular flexibility index (Phi) is 9.48. The minimum Gasteiger partial charge on any atom is -0.312 e. The zero-order valence-corrected chi connectivity index (χ0v) is 34.7. The zero-order valence-electron chi connectivity index (χ0n) is 34.7. The van der Waals surface area contributed by atoms with E-state index in [1.807, 2.05) is 24.3 Å². The largest absolute Gasteiger partial charge is 0.312 e. The van der Waals surface area contributed by atoms with Crippen LogP contribution in [-0.4, -0.2) is 24.1 Å². The number of aromatic nitrogens is 5. The Morgan fingerprint density at radius 3 is 1.78 bits per heavy atom. The van der Waals surface area contributed by atoms with Crippen molar-refractivity contribution in [2.45, 2.75) is 6.92 Å². The minimum atomic E-state index is 0.541. The lowest BCUT2D eigenvalue weighted by atomic mass is 9.99. The number of benzene rings is 8. The lowest BCUT2D eigenvalue weighted by molar-refractivity contribution is 0.954. The fourth-order valence-electron chi connectivity index (χ4n) is 9.13. The van der Waals surface area contributed by atoms with Crippen LogP contribution in [0, 0.1) is 6.92 Å². The monoisotopic (exact) mass is 807 g/mol. The Hall–Kier alpha value is -8.41. The molecule has 0 unspecified atom stereocenters. The summed E-state index contributed by atoms with van der Waals surface area (Å²) in [4.78, 5) is 16.1. The Morgan fingerprint density at radius 1 is 0.444 bits per heavy atom. The van der Waals surface area contributed by atoms with Crippen molar-refractivity contribution in [2.24, 2.45) is 0 Å². The van der Waals surface area contributed by atoms with Gasteiger partial charge < -0.3 is 4.57 Å². The van der Waals surface area contributed by atoms with Crippen LogP contribution < -0.4 is 0 Å². The normalized spacial score (nSPS) is 11.6. The molecule has 0 fully saturated rings. The predicted molar refractivity (Wildman–Crippen MR) is 262 cm³/mol. The quantitative estimate of drug-likeness (QED) is 0.137. The number of allylic oxidation sites excluding steroid dienone is 2. The molecular weight excluding hydrogens is 767 g/mol. The van der Waals surface area contributed by atoms with Gasteiger partial charge in [-0.05, 0) is 59.0 Å². The van der Waals surface area contributed by atoms with Crippen molar-refractivity contribution in [3.63, 3.8) is 0 Å². The van der Waals surface area contributed by atoms with Crippen LogP contribution in [0.25, 0.3) is 107 Å². The number of hydrogen-bond donors (Lipinski definition) is 0. The number of rotatable bonds is 9. The molecule has 5 nitrogen and oxygen atoms in total. The van der Waals surface area contributed by atoms with E-state index in [1.54, 1.807) is 0 Å². The molecule has 0 aliphatic heterocycles. The average Bonchev–Trinajstić information content (AvgIpc) is 3.84. The second kappa shape index (κ2) is 15.9. The minimum absolute atomic E-state index is 0.541. The van der Waals surface area contributed by atoms with E-state index in [2.05, 4.69) is 217 Å². The smallest absolute Gasteiger partial charge is 0.238 e. The highest BCUT2D eigenvalue weighted by Gasteiger charge is 2.25. The molecule has 0 saturated heterocycles. The molecule has 0 spiro atoms. The maximum Gasteiger partial charge on any atom is 0.238 e. The average molecular weight is 808 g/mol. The van der Waals surface area contributed by atoms with Crippen LogP contribution in [0.2, 0.25) is 0 Å². The second-order valence-corrected chi connectivity index (χ2v) is 15.7. The van der Waals surface area contributed by atoms with Crippen molar-refractivity contribution in [3.8, 4) is 67.8 Å². The SMILES string of the molecule is C=C/C=C\c1c(C)n(-c2ccccc2-c2ccccc2)c2c1ccc1c2c2ccccc2n1-c1nc(-c2cccc(-c3ccccc3)c2)nc(-c2ccccc2-c2ccccc2)n1. The molecule has 0 bridgehead atoms. The summed E-state index contributed by atoms with van der Waals surface area (Å²) in [6.07, 6.45) is 6.04. The van der Waals surface area contributed by atoms with Gasteiger partial charge in [-0.3, -0.25) is 4.57 Å². The van der Waals surface area contributed by atoms with E-state index in [0.717, 1.165) is 94.2 Å². The summed E-state index contributed by atoms with van der Waals surface area (Å²) in [5, 5.41) is 3.37. The number of fused-ring (bicyclic) bond motifs is 5. The van der Waals surface area contributed by atoms with Crippen LogP contribution in [-0.2, 0) is 0 Å². The fraction of sp³-hybridized carbons (Fsp3) is 0.0172. The van der Waals surface area contributed by atoms with Gasteiger partial charge in [-0.2, -0.15) is 9.97 Å². The van der Waals surface area contributed by atoms with E-state index in [1.165, 1.54) is 0 Å². The summed E-state index contributed by atoms with van der Waals surface area (Å²) in [6.45, 7) is 6.23.